The lowest BCUT2D eigenvalue weighted by molar-refractivity contribution is -0.140. The van der Waals surface area contributed by atoms with Crippen molar-refractivity contribution in [3.05, 3.63) is 41.4 Å². The topological polar surface area (TPSA) is 142 Å². The molecule has 0 saturated heterocycles. The molecule has 10 nitrogen and oxygen atoms in total. The van der Waals surface area contributed by atoms with E-state index in [2.05, 4.69) is 20.6 Å². The number of oxazole rings is 1. The molecule has 1 atom stereocenters. The minimum absolute atomic E-state index is 0.00432. The molecule has 2 aromatic heterocycles. The van der Waals surface area contributed by atoms with Crippen LogP contribution in [0, 0.1) is 0 Å². The van der Waals surface area contributed by atoms with Gasteiger partial charge in [-0.1, -0.05) is 0 Å². The quantitative estimate of drug-likeness (QED) is 0.401. The molecule has 1 aliphatic rings. The number of rotatable bonds is 6. The fourth-order valence-corrected chi connectivity index (χ4v) is 4.14. The summed E-state index contributed by atoms with van der Waals surface area (Å²) < 4.78 is 56.2. The molecular formula is C26H30F3N5O5. The first-order valence-corrected chi connectivity index (χ1v) is 12.3. The zero-order chi connectivity index (χ0) is 28.7. The molecule has 13 heteroatoms. The molecule has 4 rings (SSSR count). The smallest absolute Gasteiger partial charge is 0.433 e. The first-order valence-electron chi connectivity index (χ1n) is 12.3. The summed E-state index contributed by atoms with van der Waals surface area (Å²) >= 11 is 0. The van der Waals surface area contributed by atoms with Crippen LogP contribution in [0.4, 0.5) is 18.0 Å². The van der Waals surface area contributed by atoms with Crippen molar-refractivity contribution < 1.29 is 36.7 Å². The van der Waals surface area contributed by atoms with Gasteiger partial charge < -0.3 is 30.3 Å². The van der Waals surface area contributed by atoms with Crippen LogP contribution in [0.2, 0.25) is 0 Å². The molecular weight excluding hydrogens is 519 g/mol. The largest absolute Gasteiger partial charge is 0.494 e. The monoisotopic (exact) mass is 549 g/mol. The van der Waals surface area contributed by atoms with Crippen LogP contribution in [0.15, 0.2) is 28.7 Å². The number of fused-ring (bicyclic) bond motifs is 1. The normalized spacial score (nSPS) is 18.3. The molecule has 0 unspecified atom stereocenters. The van der Waals surface area contributed by atoms with Crippen LogP contribution in [0.3, 0.4) is 0 Å². The number of ether oxygens (including phenoxy) is 2. The van der Waals surface area contributed by atoms with E-state index in [-0.39, 0.29) is 40.8 Å². The number of halogens is 3. The van der Waals surface area contributed by atoms with Crippen molar-refractivity contribution in [1.29, 1.82) is 0 Å². The second kappa shape index (κ2) is 10.4. The number of methoxy groups -OCH3 is 1. The number of hydrogen-bond acceptors (Lipinski definition) is 8. The lowest BCUT2D eigenvalue weighted by Gasteiger charge is -2.35. The van der Waals surface area contributed by atoms with Crippen molar-refractivity contribution in [2.45, 2.75) is 70.4 Å². The first-order chi connectivity index (χ1) is 18.2. The van der Waals surface area contributed by atoms with Gasteiger partial charge in [0, 0.05) is 35.4 Å². The van der Waals surface area contributed by atoms with E-state index in [9.17, 15) is 22.8 Å². The number of benzene rings is 1. The van der Waals surface area contributed by atoms with Crippen LogP contribution >= 0.6 is 0 Å². The number of nitrogens with zero attached hydrogens (tertiary/aromatic N) is 2. The molecule has 2 amide bonds. The van der Waals surface area contributed by atoms with Crippen LogP contribution in [0.5, 0.6) is 5.75 Å². The van der Waals surface area contributed by atoms with Gasteiger partial charge in [0.25, 0.3) is 5.91 Å². The Morgan fingerprint density at radius 1 is 1.13 bits per heavy atom. The van der Waals surface area contributed by atoms with E-state index in [0.29, 0.717) is 23.8 Å². The number of nitrogens with two attached hydrogens (primary N) is 1. The fourth-order valence-electron chi connectivity index (χ4n) is 4.14. The van der Waals surface area contributed by atoms with Crippen LogP contribution in [-0.2, 0) is 10.9 Å². The SMILES string of the molecule is COc1ccc(-c2nc(C(=O)NC3CC(OC(=O)NC(C)(C)C)C3)c([C@H](C)N)o2)c2ccc(C(F)(F)F)nc12. The zero-order valence-electron chi connectivity index (χ0n) is 22.1. The molecule has 4 N–H and O–H groups in total. The highest BCUT2D eigenvalue weighted by atomic mass is 19.4. The Morgan fingerprint density at radius 3 is 2.41 bits per heavy atom. The Kier molecular flexibility index (Phi) is 7.48. The van der Waals surface area contributed by atoms with E-state index in [1.807, 2.05) is 20.8 Å². The van der Waals surface area contributed by atoms with E-state index in [4.69, 9.17) is 19.6 Å². The number of carbonyl (C=O) groups excluding carboxylic acids is 2. The van der Waals surface area contributed by atoms with Gasteiger partial charge in [-0.2, -0.15) is 13.2 Å². The highest BCUT2D eigenvalue weighted by Gasteiger charge is 2.36. The highest BCUT2D eigenvalue weighted by molar-refractivity contribution is 5.98. The minimum Gasteiger partial charge on any atom is -0.494 e. The Hall–Kier alpha value is -3.87. The summed E-state index contributed by atoms with van der Waals surface area (Å²) in [5.74, 6) is -0.289. The second-order valence-electron chi connectivity index (χ2n) is 10.5. The van der Waals surface area contributed by atoms with Gasteiger partial charge in [0.05, 0.1) is 13.2 Å². The van der Waals surface area contributed by atoms with Gasteiger partial charge in [-0.25, -0.2) is 14.8 Å². The van der Waals surface area contributed by atoms with Crippen molar-refractivity contribution in [3.8, 4) is 17.2 Å². The third-order valence-electron chi connectivity index (χ3n) is 6.02. The van der Waals surface area contributed by atoms with E-state index in [0.717, 1.165) is 6.07 Å². The number of aromatic nitrogens is 2. The number of alkyl halides is 3. The molecule has 0 radical (unpaired) electrons. The average Bonchev–Trinajstić information content (AvgIpc) is 3.25. The van der Waals surface area contributed by atoms with E-state index in [1.165, 1.54) is 19.2 Å². The number of nitrogens with one attached hydrogen (secondary N) is 2. The summed E-state index contributed by atoms with van der Waals surface area (Å²) in [6.07, 6.45) is -4.65. The maximum absolute atomic E-state index is 13.3. The molecule has 1 aromatic carbocycles. The van der Waals surface area contributed by atoms with E-state index >= 15 is 0 Å². The predicted molar refractivity (Wildman–Crippen MR) is 135 cm³/mol. The van der Waals surface area contributed by atoms with Crippen molar-refractivity contribution >= 4 is 22.9 Å². The molecule has 0 bridgehead atoms. The van der Waals surface area contributed by atoms with Gasteiger partial charge in [-0.05, 0) is 52.0 Å². The summed E-state index contributed by atoms with van der Waals surface area (Å²) in [7, 11) is 1.32. The molecule has 1 fully saturated rings. The molecule has 2 heterocycles. The Bertz CT molecular complexity index is 1390. The molecule has 3 aromatic rings. The number of carbonyl (C=O) groups is 2. The standard InChI is InChI=1S/C26H30F3N5O5/c1-12(30)21-20(22(35)31-13-10-14(11-13)38-24(36)34-25(2,3)4)33-23(39-21)16-6-8-17(37-5)19-15(16)7-9-18(32-19)26(27,28)29/h6-9,12-14H,10-11,30H2,1-5H3,(H,31,35)(H,34,36)/t12-,13?,14?/m0/s1. The highest BCUT2D eigenvalue weighted by Crippen LogP contribution is 2.37. The van der Waals surface area contributed by atoms with Crippen LogP contribution in [-0.4, -0.2) is 46.8 Å². The van der Waals surface area contributed by atoms with Crippen molar-refractivity contribution in [2.75, 3.05) is 7.11 Å². The lowest BCUT2D eigenvalue weighted by atomic mass is 9.89. The second-order valence-corrected chi connectivity index (χ2v) is 10.5. The number of amides is 2. The Morgan fingerprint density at radius 2 is 1.82 bits per heavy atom. The Balaban J connectivity index is 1.56. The van der Waals surface area contributed by atoms with Crippen molar-refractivity contribution in [2.24, 2.45) is 5.73 Å². The summed E-state index contributed by atoms with van der Waals surface area (Å²) in [5.41, 5.74) is 4.77. The van der Waals surface area contributed by atoms with Crippen molar-refractivity contribution in [3.63, 3.8) is 0 Å². The summed E-state index contributed by atoms with van der Waals surface area (Å²) in [5, 5.41) is 5.84. The summed E-state index contributed by atoms with van der Waals surface area (Å²) in [4.78, 5) is 33.1. The lowest BCUT2D eigenvalue weighted by Crippen LogP contribution is -2.50. The Labute approximate surface area is 222 Å². The maximum atomic E-state index is 13.3. The van der Waals surface area contributed by atoms with Crippen molar-refractivity contribution in [1.82, 2.24) is 20.6 Å². The van der Waals surface area contributed by atoms with Gasteiger partial charge in [0.15, 0.2) is 11.5 Å². The number of alkyl carbamates (subject to hydrolysis) is 1. The fraction of sp³-hybridized carbons (Fsp3) is 0.462. The van der Waals surface area contributed by atoms with Crippen LogP contribution < -0.4 is 21.1 Å². The van der Waals surface area contributed by atoms with Gasteiger partial charge >= 0.3 is 12.3 Å². The van der Waals surface area contributed by atoms with Crippen LogP contribution in [0.25, 0.3) is 22.4 Å². The summed E-state index contributed by atoms with van der Waals surface area (Å²) in [6.45, 7) is 7.13. The third kappa shape index (κ3) is 6.24. The van der Waals surface area contributed by atoms with E-state index in [1.54, 1.807) is 13.0 Å². The van der Waals surface area contributed by atoms with Gasteiger partial charge in [-0.3, -0.25) is 4.79 Å². The molecule has 39 heavy (non-hydrogen) atoms. The molecule has 0 aliphatic heterocycles. The molecule has 0 spiro atoms. The molecule has 1 saturated carbocycles. The van der Waals surface area contributed by atoms with Crippen LogP contribution in [0.1, 0.15) is 68.5 Å². The summed E-state index contributed by atoms with van der Waals surface area (Å²) in [6, 6.07) is 4.16. The predicted octanol–water partition coefficient (Wildman–Crippen LogP) is 4.72. The van der Waals surface area contributed by atoms with Gasteiger partial charge in [0.1, 0.15) is 23.1 Å². The third-order valence-corrected chi connectivity index (χ3v) is 6.02. The maximum Gasteiger partial charge on any atom is 0.433 e. The molecule has 1 aliphatic carbocycles. The van der Waals surface area contributed by atoms with E-state index < -0.39 is 35.5 Å². The average molecular weight is 550 g/mol. The number of pyridine rings is 1. The minimum atomic E-state index is -4.65. The van der Waals surface area contributed by atoms with Gasteiger partial charge in [-0.15, -0.1) is 0 Å². The zero-order valence-corrected chi connectivity index (χ0v) is 22.1. The molecule has 210 valence electrons. The van der Waals surface area contributed by atoms with Gasteiger partial charge in [0.2, 0.25) is 5.89 Å². The first kappa shape index (κ1) is 28.1. The number of hydrogen-bond donors (Lipinski definition) is 3.